The summed E-state index contributed by atoms with van der Waals surface area (Å²) in [6.07, 6.45) is 1.20. The lowest BCUT2D eigenvalue weighted by Gasteiger charge is -2.33. The summed E-state index contributed by atoms with van der Waals surface area (Å²) in [5.74, 6) is 0.683. The van der Waals surface area contributed by atoms with Crippen molar-refractivity contribution in [1.29, 1.82) is 0 Å². The minimum Gasteiger partial charge on any atom is -0.395 e. The minimum atomic E-state index is 0.255. The van der Waals surface area contributed by atoms with Crippen LogP contribution in [0.1, 0.15) is 17.0 Å². The van der Waals surface area contributed by atoms with E-state index in [2.05, 4.69) is 36.2 Å². The highest BCUT2D eigenvalue weighted by Gasteiger charge is 2.25. The topological polar surface area (TPSA) is 23.5 Å². The molecule has 2 nitrogen and oxygen atoms in total. The number of hydrogen-bond acceptors (Lipinski definition) is 2. The first-order chi connectivity index (χ1) is 6.81. The second kappa shape index (κ2) is 4.11. The summed E-state index contributed by atoms with van der Waals surface area (Å²) in [4.78, 5) is 2.20. The van der Waals surface area contributed by atoms with Crippen LogP contribution < -0.4 is 0 Å². The molecular weight excluding hydrogens is 174 g/mol. The zero-order valence-corrected chi connectivity index (χ0v) is 8.61. The highest BCUT2D eigenvalue weighted by molar-refractivity contribution is 5.40. The lowest BCUT2D eigenvalue weighted by Crippen LogP contribution is -2.32. The number of likely N-dealkylation sites (N-methyl/N-ethyl adjacent to an activating group) is 1. The van der Waals surface area contributed by atoms with Gasteiger partial charge in [-0.1, -0.05) is 24.3 Å². The smallest absolute Gasteiger partial charge is 0.0558 e. The lowest BCUT2D eigenvalue weighted by atomic mass is 9.77. The van der Waals surface area contributed by atoms with Crippen LogP contribution in [0.4, 0.5) is 0 Å². The molecule has 1 aromatic carbocycles. The molecule has 0 spiro atoms. The van der Waals surface area contributed by atoms with Crippen LogP contribution in [0.2, 0.25) is 0 Å². The van der Waals surface area contributed by atoms with Crippen molar-refractivity contribution in [3.8, 4) is 0 Å². The van der Waals surface area contributed by atoms with Gasteiger partial charge in [0.1, 0.15) is 0 Å². The van der Waals surface area contributed by atoms with Gasteiger partial charge in [0.2, 0.25) is 0 Å². The van der Waals surface area contributed by atoms with E-state index < -0.39 is 0 Å². The summed E-state index contributed by atoms with van der Waals surface area (Å²) in [5.41, 5.74) is 2.99. The fourth-order valence-corrected chi connectivity index (χ4v) is 2.16. The van der Waals surface area contributed by atoms with Gasteiger partial charge >= 0.3 is 0 Å². The van der Waals surface area contributed by atoms with Gasteiger partial charge in [-0.05, 0) is 24.6 Å². The van der Waals surface area contributed by atoms with E-state index in [0.717, 1.165) is 13.1 Å². The molecule has 1 aromatic rings. The fraction of sp³-hybridized carbons (Fsp3) is 0.500. The summed E-state index contributed by atoms with van der Waals surface area (Å²) in [7, 11) is 2.07. The highest BCUT2D eigenvalue weighted by Crippen LogP contribution is 2.34. The molecule has 1 atom stereocenters. The van der Waals surface area contributed by atoms with Crippen LogP contribution in [0.15, 0.2) is 24.3 Å². The molecule has 0 amide bonds. The lowest BCUT2D eigenvalue weighted by molar-refractivity contribution is 0.211. The standard InChI is InChI=1S/C12H17NO/c1-13(6-7-14)9-11-8-10-4-2-3-5-12(10)11/h2-5,11,14H,6-9H2,1H3. The SMILES string of the molecule is CN(CCO)CC1Cc2ccccc21. The van der Waals surface area contributed by atoms with Gasteiger partial charge in [0, 0.05) is 19.0 Å². The molecule has 2 rings (SSSR count). The van der Waals surface area contributed by atoms with Gasteiger partial charge in [0.05, 0.1) is 6.61 Å². The zero-order valence-electron chi connectivity index (χ0n) is 8.61. The summed E-state index contributed by atoms with van der Waals surface area (Å²) < 4.78 is 0. The van der Waals surface area contributed by atoms with E-state index in [1.165, 1.54) is 17.5 Å². The second-order valence-electron chi connectivity index (χ2n) is 4.09. The monoisotopic (exact) mass is 191 g/mol. The first-order valence-corrected chi connectivity index (χ1v) is 5.18. The van der Waals surface area contributed by atoms with Crippen molar-refractivity contribution < 1.29 is 5.11 Å². The maximum Gasteiger partial charge on any atom is 0.0558 e. The normalized spacial score (nSPS) is 19.2. The third-order valence-electron chi connectivity index (χ3n) is 2.98. The number of rotatable bonds is 4. The quantitative estimate of drug-likeness (QED) is 0.774. The molecule has 0 aliphatic heterocycles. The molecule has 1 aliphatic rings. The Labute approximate surface area is 85.2 Å². The van der Waals surface area contributed by atoms with Crippen molar-refractivity contribution in [2.24, 2.45) is 0 Å². The van der Waals surface area contributed by atoms with E-state index in [4.69, 9.17) is 5.11 Å². The summed E-state index contributed by atoms with van der Waals surface area (Å²) >= 11 is 0. The van der Waals surface area contributed by atoms with Crippen molar-refractivity contribution in [3.05, 3.63) is 35.4 Å². The van der Waals surface area contributed by atoms with E-state index in [9.17, 15) is 0 Å². The van der Waals surface area contributed by atoms with E-state index >= 15 is 0 Å². The van der Waals surface area contributed by atoms with E-state index in [-0.39, 0.29) is 6.61 Å². The van der Waals surface area contributed by atoms with Crippen molar-refractivity contribution in [2.75, 3.05) is 26.7 Å². The predicted molar refractivity (Wildman–Crippen MR) is 57.5 cm³/mol. The van der Waals surface area contributed by atoms with Crippen LogP contribution in [0.3, 0.4) is 0 Å². The largest absolute Gasteiger partial charge is 0.395 e. The molecule has 2 heteroatoms. The predicted octanol–water partition coefficient (Wildman–Crippen LogP) is 1.25. The van der Waals surface area contributed by atoms with Crippen molar-refractivity contribution >= 4 is 0 Å². The zero-order chi connectivity index (χ0) is 9.97. The van der Waals surface area contributed by atoms with Crippen molar-refractivity contribution in [2.45, 2.75) is 12.3 Å². The van der Waals surface area contributed by atoms with Crippen molar-refractivity contribution in [3.63, 3.8) is 0 Å². The molecule has 0 saturated carbocycles. The molecule has 0 fully saturated rings. The first-order valence-electron chi connectivity index (χ1n) is 5.18. The Morgan fingerprint density at radius 1 is 1.43 bits per heavy atom. The summed E-state index contributed by atoms with van der Waals surface area (Å²) in [6.45, 7) is 2.10. The van der Waals surface area contributed by atoms with Crippen LogP contribution in [0.25, 0.3) is 0 Å². The molecule has 0 bridgehead atoms. The van der Waals surface area contributed by atoms with Gasteiger partial charge in [-0.3, -0.25) is 0 Å². The maximum absolute atomic E-state index is 8.79. The number of fused-ring (bicyclic) bond motifs is 1. The van der Waals surface area contributed by atoms with Crippen LogP contribution >= 0.6 is 0 Å². The Kier molecular flexibility index (Phi) is 2.85. The maximum atomic E-state index is 8.79. The number of aliphatic hydroxyl groups is 1. The molecule has 0 aromatic heterocycles. The molecular formula is C12H17NO. The van der Waals surface area contributed by atoms with Crippen LogP contribution in [0.5, 0.6) is 0 Å². The molecule has 76 valence electrons. The first kappa shape index (κ1) is 9.69. The third-order valence-corrected chi connectivity index (χ3v) is 2.98. The van der Waals surface area contributed by atoms with E-state index in [1.54, 1.807) is 0 Å². The number of aliphatic hydroxyl groups excluding tert-OH is 1. The summed E-state index contributed by atoms with van der Waals surface area (Å²) in [6, 6.07) is 8.64. The van der Waals surface area contributed by atoms with Gasteiger partial charge < -0.3 is 10.0 Å². The Morgan fingerprint density at radius 2 is 2.21 bits per heavy atom. The summed E-state index contributed by atoms with van der Waals surface area (Å²) in [5, 5.41) is 8.79. The average molecular weight is 191 g/mol. The van der Waals surface area contributed by atoms with Gasteiger partial charge in [-0.25, -0.2) is 0 Å². The van der Waals surface area contributed by atoms with Gasteiger partial charge in [-0.2, -0.15) is 0 Å². The average Bonchev–Trinajstić information content (AvgIpc) is 2.15. The molecule has 1 N–H and O–H groups in total. The Bertz CT molecular complexity index is 311. The molecule has 0 saturated heterocycles. The Hall–Kier alpha value is -0.860. The Balaban J connectivity index is 1.92. The van der Waals surface area contributed by atoms with Crippen LogP contribution in [-0.4, -0.2) is 36.8 Å². The van der Waals surface area contributed by atoms with E-state index in [1.807, 2.05) is 0 Å². The molecule has 0 radical (unpaired) electrons. The van der Waals surface area contributed by atoms with Crippen LogP contribution in [-0.2, 0) is 6.42 Å². The molecule has 1 aliphatic carbocycles. The van der Waals surface area contributed by atoms with Gasteiger partial charge in [-0.15, -0.1) is 0 Å². The van der Waals surface area contributed by atoms with Crippen molar-refractivity contribution in [1.82, 2.24) is 4.90 Å². The fourth-order valence-electron chi connectivity index (χ4n) is 2.16. The number of benzene rings is 1. The number of hydrogen-bond donors (Lipinski definition) is 1. The molecule has 14 heavy (non-hydrogen) atoms. The third kappa shape index (κ3) is 1.81. The second-order valence-corrected chi connectivity index (χ2v) is 4.09. The van der Waals surface area contributed by atoms with E-state index in [0.29, 0.717) is 5.92 Å². The Morgan fingerprint density at radius 3 is 2.93 bits per heavy atom. The van der Waals surface area contributed by atoms with Gasteiger partial charge in [0.25, 0.3) is 0 Å². The number of nitrogens with zero attached hydrogens (tertiary/aromatic N) is 1. The molecule has 1 unspecified atom stereocenters. The molecule has 0 heterocycles. The van der Waals surface area contributed by atoms with Crippen LogP contribution in [0, 0.1) is 0 Å². The minimum absolute atomic E-state index is 0.255. The highest BCUT2D eigenvalue weighted by atomic mass is 16.3. The van der Waals surface area contributed by atoms with Gasteiger partial charge in [0.15, 0.2) is 0 Å².